The lowest BCUT2D eigenvalue weighted by Crippen LogP contribution is -2.20. The highest BCUT2D eigenvalue weighted by Crippen LogP contribution is 2.35. The van der Waals surface area contributed by atoms with E-state index in [4.69, 9.17) is 0 Å². The third-order valence-electron chi connectivity index (χ3n) is 2.22. The number of sulfonamides is 1. The number of nitro benzene ring substituents is 1. The summed E-state index contributed by atoms with van der Waals surface area (Å²) in [6.07, 6.45) is -3.89. The number of ether oxygens (including phenoxy) is 1. The summed E-state index contributed by atoms with van der Waals surface area (Å²) < 4.78 is 68.5. The van der Waals surface area contributed by atoms with Crippen molar-refractivity contribution in [2.24, 2.45) is 4.40 Å². The summed E-state index contributed by atoms with van der Waals surface area (Å²) in [6.45, 7) is -1.80. The highest BCUT2D eigenvalue weighted by atomic mass is 32.2. The summed E-state index contributed by atoms with van der Waals surface area (Å²) in [4.78, 5) is 10.1. The van der Waals surface area contributed by atoms with Crippen LogP contribution in [0.2, 0.25) is 0 Å². The zero-order valence-electron chi connectivity index (χ0n) is 11.9. The Labute approximate surface area is 129 Å². The molecule has 12 heteroatoms. The lowest BCUT2D eigenvalue weighted by molar-refractivity contribution is -0.388. The first kappa shape index (κ1) is 18.7. The Bertz CT molecular complexity index is 716. The second kappa shape index (κ2) is 6.81. The second-order valence-electron chi connectivity index (χ2n) is 4.42. The van der Waals surface area contributed by atoms with Crippen molar-refractivity contribution in [3.8, 4) is 5.75 Å². The number of nitro groups is 1. The molecule has 0 amide bonds. The molecular weight excluding hydrogens is 343 g/mol. The summed E-state index contributed by atoms with van der Waals surface area (Å²) in [7, 11) is -1.75. The van der Waals surface area contributed by atoms with Crippen LogP contribution >= 0.6 is 0 Å². The number of alkyl halides is 3. The molecule has 1 aromatic rings. The average molecular weight is 355 g/mol. The molecular formula is C11H12F3N3O5S. The van der Waals surface area contributed by atoms with Crippen LogP contribution in [0.4, 0.5) is 18.9 Å². The van der Waals surface area contributed by atoms with Gasteiger partial charge in [0.05, 0.1) is 4.92 Å². The predicted octanol–water partition coefficient (Wildman–Crippen LogP) is 1.81. The van der Waals surface area contributed by atoms with Gasteiger partial charge in [-0.25, -0.2) is 0 Å². The van der Waals surface area contributed by atoms with Gasteiger partial charge in [-0.3, -0.25) is 10.1 Å². The Morgan fingerprint density at radius 2 is 2.00 bits per heavy atom. The molecule has 0 aliphatic rings. The third kappa shape index (κ3) is 5.39. The fourth-order valence-corrected chi connectivity index (χ4v) is 2.60. The number of halogens is 3. The Morgan fingerprint density at radius 3 is 2.48 bits per heavy atom. The van der Waals surface area contributed by atoms with Crippen molar-refractivity contribution >= 4 is 22.0 Å². The molecule has 23 heavy (non-hydrogen) atoms. The number of benzene rings is 1. The maximum absolute atomic E-state index is 12.2. The first-order valence-corrected chi connectivity index (χ1v) is 7.32. The van der Waals surface area contributed by atoms with Crippen LogP contribution in [-0.4, -0.2) is 51.5 Å². The monoisotopic (exact) mass is 355 g/mol. The zero-order chi connectivity index (χ0) is 17.8. The van der Waals surface area contributed by atoms with E-state index < -0.39 is 44.1 Å². The molecule has 1 rings (SSSR count). The highest BCUT2D eigenvalue weighted by molar-refractivity contribution is 7.90. The summed E-state index contributed by atoms with van der Waals surface area (Å²) >= 11 is 0. The van der Waals surface area contributed by atoms with E-state index in [-0.39, 0.29) is 0 Å². The summed E-state index contributed by atoms with van der Waals surface area (Å²) in [5.41, 5.74) is -0.930. The van der Waals surface area contributed by atoms with Crippen molar-refractivity contribution in [2.75, 3.05) is 20.7 Å². The number of hydrogen-bond donors (Lipinski definition) is 0. The molecule has 0 saturated carbocycles. The second-order valence-corrected chi connectivity index (χ2v) is 5.99. The summed E-state index contributed by atoms with van der Waals surface area (Å²) in [6, 6.07) is 2.73. The minimum atomic E-state index is -4.74. The van der Waals surface area contributed by atoms with Crippen LogP contribution in [0.1, 0.15) is 0 Å². The van der Waals surface area contributed by atoms with Gasteiger partial charge in [-0.05, 0) is 6.07 Å². The van der Waals surface area contributed by atoms with Crippen LogP contribution in [0.15, 0.2) is 27.5 Å². The average Bonchev–Trinajstić information content (AvgIpc) is 2.41. The molecule has 0 bridgehead atoms. The summed E-state index contributed by atoms with van der Waals surface area (Å²) in [5.74, 6) is -0.799. The molecule has 0 radical (unpaired) electrons. The van der Waals surface area contributed by atoms with Gasteiger partial charge >= 0.3 is 6.18 Å². The molecule has 0 saturated heterocycles. The minimum absolute atomic E-state index is 0.799. The minimum Gasteiger partial charge on any atom is -0.482 e. The molecule has 0 aliphatic heterocycles. The first-order chi connectivity index (χ1) is 10.4. The fourth-order valence-electron chi connectivity index (χ4n) is 1.39. The van der Waals surface area contributed by atoms with E-state index in [9.17, 15) is 31.7 Å². The fraction of sp³-hybridized carbons (Fsp3) is 0.364. The van der Waals surface area contributed by atoms with E-state index >= 15 is 0 Å². The van der Waals surface area contributed by atoms with Gasteiger partial charge in [-0.15, -0.1) is 4.40 Å². The van der Waals surface area contributed by atoms with E-state index in [0.29, 0.717) is 0 Å². The standard InChI is InChI=1S/C11H12F3N3O5S/c1-16(2)7-15-23(20,21)10-8(17(18)19)4-3-5-9(10)22-6-11(12,13)14/h3-5,7H,6H2,1-2H3. The van der Waals surface area contributed by atoms with E-state index in [2.05, 4.69) is 9.13 Å². The highest BCUT2D eigenvalue weighted by Gasteiger charge is 2.33. The SMILES string of the molecule is CN(C)C=NS(=O)(=O)c1c(OCC(F)(F)F)cccc1[N+](=O)[O-]. The third-order valence-corrected chi connectivity index (χ3v) is 3.52. The molecule has 1 aromatic carbocycles. The van der Waals surface area contributed by atoms with E-state index in [1.165, 1.54) is 19.0 Å². The van der Waals surface area contributed by atoms with Gasteiger partial charge in [0.25, 0.3) is 15.7 Å². The van der Waals surface area contributed by atoms with Crippen molar-refractivity contribution < 1.29 is 31.2 Å². The Hall–Kier alpha value is -2.37. The molecule has 0 aliphatic carbocycles. The van der Waals surface area contributed by atoms with Crippen LogP contribution in [0.5, 0.6) is 5.75 Å². The van der Waals surface area contributed by atoms with Crippen molar-refractivity contribution in [1.29, 1.82) is 0 Å². The van der Waals surface area contributed by atoms with Crippen LogP contribution in [0, 0.1) is 10.1 Å². The van der Waals surface area contributed by atoms with Crippen molar-refractivity contribution in [2.45, 2.75) is 11.1 Å². The molecule has 0 N–H and O–H groups in total. The molecule has 8 nitrogen and oxygen atoms in total. The number of hydrogen-bond acceptors (Lipinski definition) is 5. The largest absolute Gasteiger partial charge is 0.482 e. The maximum Gasteiger partial charge on any atom is 0.422 e. The topological polar surface area (TPSA) is 102 Å². The number of nitrogens with zero attached hydrogens (tertiary/aromatic N) is 3. The predicted molar refractivity (Wildman–Crippen MR) is 74.0 cm³/mol. The van der Waals surface area contributed by atoms with Crippen LogP contribution in [0.25, 0.3) is 0 Å². The van der Waals surface area contributed by atoms with Gasteiger partial charge in [-0.2, -0.15) is 21.6 Å². The van der Waals surface area contributed by atoms with Gasteiger partial charge in [0.1, 0.15) is 12.1 Å². The van der Waals surface area contributed by atoms with Gasteiger partial charge in [0.2, 0.25) is 4.90 Å². The number of rotatable bonds is 6. The Kier molecular flexibility index (Phi) is 5.53. The Morgan fingerprint density at radius 1 is 1.39 bits per heavy atom. The summed E-state index contributed by atoms with van der Waals surface area (Å²) in [5, 5.41) is 11.0. The van der Waals surface area contributed by atoms with Crippen molar-refractivity contribution in [3.05, 3.63) is 28.3 Å². The van der Waals surface area contributed by atoms with E-state index in [0.717, 1.165) is 24.5 Å². The lowest BCUT2D eigenvalue weighted by atomic mass is 10.3. The molecule has 128 valence electrons. The quantitative estimate of drug-likeness (QED) is 0.334. The molecule has 0 spiro atoms. The van der Waals surface area contributed by atoms with Crippen LogP contribution in [0.3, 0.4) is 0 Å². The molecule has 0 atom stereocenters. The van der Waals surface area contributed by atoms with Gasteiger partial charge < -0.3 is 9.64 Å². The van der Waals surface area contributed by atoms with Crippen molar-refractivity contribution in [1.82, 2.24) is 4.90 Å². The Balaban J connectivity index is 3.44. The van der Waals surface area contributed by atoms with Gasteiger partial charge in [0, 0.05) is 20.2 Å². The van der Waals surface area contributed by atoms with Gasteiger partial charge in [-0.1, -0.05) is 6.07 Å². The van der Waals surface area contributed by atoms with E-state index in [1.54, 1.807) is 0 Å². The smallest absolute Gasteiger partial charge is 0.422 e. The van der Waals surface area contributed by atoms with Gasteiger partial charge in [0.15, 0.2) is 6.61 Å². The van der Waals surface area contributed by atoms with Crippen molar-refractivity contribution in [3.63, 3.8) is 0 Å². The molecule has 0 heterocycles. The molecule has 0 unspecified atom stereocenters. The van der Waals surface area contributed by atoms with Crippen LogP contribution in [-0.2, 0) is 10.0 Å². The van der Waals surface area contributed by atoms with E-state index in [1.807, 2.05) is 0 Å². The zero-order valence-corrected chi connectivity index (χ0v) is 12.8. The van der Waals surface area contributed by atoms with Crippen LogP contribution < -0.4 is 4.74 Å². The molecule has 0 aromatic heterocycles. The lowest BCUT2D eigenvalue weighted by Gasteiger charge is -2.12. The normalized spacial score (nSPS) is 12.4. The maximum atomic E-state index is 12.2. The first-order valence-electron chi connectivity index (χ1n) is 5.88. The molecule has 0 fully saturated rings.